The molecule has 0 rings (SSSR count). The maximum atomic E-state index is 10.8. The molecule has 0 unspecified atom stereocenters. The zero-order valence-corrected chi connectivity index (χ0v) is 7.34. The van der Waals surface area contributed by atoms with Crippen LogP contribution in [-0.4, -0.2) is 32.0 Å². The van der Waals surface area contributed by atoms with Crippen LogP contribution in [0, 0.1) is 0 Å². The molecule has 4 heteroatoms. The Labute approximate surface area is 72.3 Å². The number of carbonyl (C=O) groups is 2. The summed E-state index contributed by atoms with van der Waals surface area (Å²) in [6, 6.07) is 0. The highest BCUT2D eigenvalue weighted by Gasteiger charge is 2.00. The monoisotopic (exact) mass is 173 g/mol. The second-order valence-corrected chi connectivity index (χ2v) is 2.28. The number of rotatable bonds is 7. The summed E-state index contributed by atoms with van der Waals surface area (Å²) >= 11 is 0. The third-order valence-electron chi connectivity index (χ3n) is 1.26. The molecule has 0 aromatic rings. The second kappa shape index (κ2) is 8.20. The van der Waals surface area contributed by atoms with Crippen molar-refractivity contribution < 1.29 is 14.3 Å². The topological polar surface area (TPSA) is 55.4 Å². The molecular formula is C8H15NO3. The molecule has 0 amide bonds. The van der Waals surface area contributed by atoms with Gasteiger partial charge in [0, 0.05) is 13.0 Å². The Morgan fingerprint density at radius 1 is 1.58 bits per heavy atom. The highest BCUT2D eigenvalue weighted by atomic mass is 16.5. The number of nitrogens with one attached hydrogen (secondary N) is 1. The Balaban J connectivity index is 3.13. The van der Waals surface area contributed by atoms with E-state index < -0.39 is 0 Å². The molecular weight excluding hydrogens is 158 g/mol. The van der Waals surface area contributed by atoms with Gasteiger partial charge >= 0.3 is 5.97 Å². The van der Waals surface area contributed by atoms with Crippen molar-refractivity contribution in [1.29, 1.82) is 0 Å². The highest BCUT2D eigenvalue weighted by molar-refractivity contribution is 5.72. The number of ether oxygens (including phenoxy) is 1. The number of likely N-dealkylation sites (N-methyl/N-ethyl adjacent to an activating group) is 1. The molecule has 0 atom stereocenters. The lowest BCUT2D eigenvalue weighted by Crippen LogP contribution is -2.20. The standard InChI is InChI=1S/C8H15NO3/c1-2-9-5-7-12-8(11)4-3-6-10/h6,9H,2-5,7H2,1H3. The number of esters is 1. The van der Waals surface area contributed by atoms with Crippen LogP contribution < -0.4 is 5.32 Å². The van der Waals surface area contributed by atoms with Crippen LogP contribution in [0.1, 0.15) is 19.8 Å². The van der Waals surface area contributed by atoms with E-state index in [0.29, 0.717) is 19.4 Å². The van der Waals surface area contributed by atoms with Crippen LogP contribution in [0.4, 0.5) is 0 Å². The SMILES string of the molecule is CCNCCOC(=O)CCC=O. The molecule has 0 aromatic carbocycles. The zero-order valence-electron chi connectivity index (χ0n) is 7.34. The van der Waals surface area contributed by atoms with Crippen molar-refractivity contribution in [3.63, 3.8) is 0 Å². The summed E-state index contributed by atoms with van der Waals surface area (Å²) < 4.78 is 4.79. The maximum Gasteiger partial charge on any atom is 0.306 e. The van der Waals surface area contributed by atoms with Gasteiger partial charge in [0.25, 0.3) is 0 Å². The Kier molecular flexibility index (Phi) is 7.58. The molecule has 12 heavy (non-hydrogen) atoms. The minimum Gasteiger partial charge on any atom is -0.464 e. The fraction of sp³-hybridized carbons (Fsp3) is 0.750. The Bertz CT molecular complexity index is 136. The van der Waals surface area contributed by atoms with Crippen LogP contribution >= 0.6 is 0 Å². The van der Waals surface area contributed by atoms with Crippen LogP contribution in [0.15, 0.2) is 0 Å². The van der Waals surface area contributed by atoms with E-state index in [2.05, 4.69) is 5.32 Å². The van der Waals surface area contributed by atoms with Crippen molar-refractivity contribution >= 4 is 12.3 Å². The van der Waals surface area contributed by atoms with Crippen LogP contribution in [-0.2, 0) is 14.3 Å². The third-order valence-corrected chi connectivity index (χ3v) is 1.26. The molecule has 4 nitrogen and oxygen atoms in total. The molecule has 0 aliphatic heterocycles. The number of carbonyl (C=O) groups excluding carboxylic acids is 2. The lowest BCUT2D eigenvalue weighted by molar-refractivity contribution is -0.144. The predicted octanol–water partition coefficient (Wildman–Crippen LogP) is 0.118. The lowest BCUT2D eigenvalue weighted by Gasteiger charge is -2.03. The molecule has 0 fully saturated rings. The molecule has 0 spiro atoms. The molecule has 0 saturated carbocycles. The molecule has 0 aliphatic carbocycles. The van der Waals surface area contributed by atoms with E-state index in [0.717, 1.165) is 6.54 Å². The molecule has 0 aromatic heterocycles. The minimum absolute atomic E-state index is 0.190. The Morgan fingerprint density at radius 3 is 2.92 bits per heavy atom. The van der Waals surface area contributed by atoms with Crippen LogP contribution in [0.3, 0.4) is 0 Å². The van der Waals surface area contributed by atoms with Crippen molar-refractivity contribution in [3.8, 4) is 0 Å². The molecule has 0 aliphatic rings. The van der Waals surface area contributed by atoms with Gasteiger partial charge in [-0.25, -0.2) is 0 Å². The van der Waals surface area contributed by atoms with Crippen molar-refractivity contribution in [2.45, 2.75) is 19.8 Å². The molecule has 70 valence electrons. The van der Waals surface area contributed by atoms with Gasteiger partial charge in [0.15, 0.2) is 0 Å². The first-order valence-electron chi connectivity index (χ1n) is 4.11. The quantitative estimate of drug-likeness (QED) is 0.337. The fourth-order valence-corrected chi connectivity index (χ4v) is 0.663. The Hall–Kier alpha value is -0.900. The van der Waals surface area contributed by atoms with Gasteiger partial charge in [0.2, 0.25) is 0 Å². The van der Waals surface area contributed by atoms with E-state index in [-0.39, 0.29) is 18.8 Å². The number of hydrogen-bond donors (Lipinski definition) is 1. The maximum absolute atomic E-state index is 10.8. The molecule has 1 N–H and O–H groups in total. The van der Waals surface area contributed by atoms with Gasteiger partial charge in [0.05, 0.1) is 6.42 Å². The summed E-state index contributed by atoms with van der Waals surface area (Å²) in [6.45, 7) is 3.90. The van der Waals surface area contributed by atoms with E-state index >= 15 is 0 Å². The summed E-state index contributed by atoms with van der Waals surface area (Å²) in [5.41, 5.74) is 0. The summed E-state index contributed by atoms with van der Waals surface area (Å²) in [7, 11) is 0. The average Bonchev–Trinajstić information content (AvgIpc) is 2.09. The van der Waals surface area contributed by atoms with Crippen molar-refractivity contribution in [1.82, 2.24) is 5.32 Å². The van der Waals surface area contributed by atoms with Gasteiger partial charge in [-0.3, -0.25) is 4.79 Å². The highest BCUT2D eigenvalue weighted by Crippen LogP contribution is 1.88. The Morgan fingerprint density at radius 2 is 2.33 bits per heavy atom. The molecule has 0 bridgehead atoms. The zero-order chi connectivity index (χ0) is 9.23. The normalized spacial score (nSPS) is 9.42. The minimum atomic E-state index is -0.306. The number of hydrogen-bond acceptors (Lipinski definition) is 4. The largest absolute Gasteiger partial charge is 0.464 e. The van der Waals surface area contributed by atoms with Crippen LogP contribution in [0.5, 0.6) is 0 Å². The van der Waals surface area contributed by atoms with E-state index in [9.17, 15) is 9.59 Å². The fourth-order valence-electron chi connectivity index (χ4n) is 0.663. The summed E-state index contributed by atoms with van der Waals surface area (Å²) in [5, 5.41) is 3.01. The summed E-state index contributed by atoms with van der Waals surface area (Å²) in [4.78, 5) is 20.6. The lowest BCUT2D eigenvalue weighted by atomic mass is 10.3. The van der Waals surface area contributed by atoms with Gasteiger partial charge in [-0.15, -0.1) is 0 Å². The third kappa shape index (κ3) is 7.21. The average molecular weight is 173 g/mol. The summed E-state index contributed by atoms with van der Waals surface area (Å²) in [5.74, 6) is -0.306. The van der Waals surface area contributed by atoms with Gasteiger partial charge in [0.1, 0.15) is 12.9 Å². The molecule has 0 radical (unpaired) electrons. The molecule has 0 heterocycles. The van der Waals surface area contributed by atoms with Crippen molar-refractivity contribution in [2.75, 3.05) is 19.7 Å². The number of aldehydes is 1. The smallest absolute Gasteiger partial charge is 0.306 e. The van der Waals surface area contributed by atoms with E-state index in [1.165, 1.54) is 0 Å². The van der Waals surface area contributed by atoms with E-state index in [1.54, 1.807) is 0 Å². The van der Waals surface area contributed by atoms with Gasteiger partial charge in [-0.05, 0) is 6.54 Å². The van der Waals surface area contributed by atoms with E-state index in [1.807, 2.05) is 6.92 Å². The van der Waals surface area contributed by atoms with Gasteiger partial charge < -0.3 is 14.8 Å². The summed E-state index contributed by atoms with van der Waals surface area (Å²) in [6.07, 6.45) is 1.15. The first-order valence-corrected chi connectivity index (χ1v) is 4.11. The predicted molar refractivity (Wildman–Crippen MR) is 44.8 cm³/mol. The second-order valence-electron chi connectivity index (χ2n) is 2.28. The first-order chi connectivity index (χ1) is 5.81. The van der Waals surface area contributed by atoms with Gasteiger partial charge in [-0.2, -0.15) is 0 Å². The van der Waals surface area contributed by atoms with E-state index in [4.69, 9.17) is 4.74 Å². The van der Waals surface area contributed by atoms with Crippen LogP contribution in [0.2, 0.25) is 0 Å². The molecule has 0 saturated heterocycles. The van der Waals surface area contributed by atoms with Crippen LogP contribution in [0.25, 0.3) is 0 Å². The van der Waals surface area contributed by atoms with Crippen molar-refractivity contribution in [2.24, 2.45) is 0 Å². The van der Waals surface area contributed by atoms with Crippen molar-refractivity contribution in [3.05, 3.63) is 0 Å². The first kappa shape index (κ1) is 11.1. The van der Waals surface area contributed by atoms with Gasteiger partial charge in [-0.1, -0.05) is 6.92 Å².